The molecule has 3 rings (SSSR count). The molecule has 1 unspecified atom stereocenters. The second-order valence-electron chi connectivity index (χ2n) is 4.55. The molecular weight excluding hydrogens is 268 g/mol. The maximum Gasteiger partial charge on any atom is 0.129 e. The average molecular weight is 284 g/mol. The first kappa shape index (κ1) is 13.1. The summed E-state index contributed by atoms with van der Waals surface area (Å²) in [6, 6.07) is 10.7. The van der Waals surface area contributed by atoms with Gasteiger partial charge in [-0.1, -0.05) is 18.2 Å². The molecule has 3 nitrogen and oxygen atoms in total. The molecule has 102 valence electrons. The van der Waals surface area contributed by atoms with Gasteiger partial charge in [-0.3, -0.25) is 4.98 Å². The lowest BCUT2D eigenvalue weighted by atomic mass is 9.99. The number of benzene rings is 1. The van der Waals surface area contributed by atoms with E-state index in [0.717, 1.165) is 11.1 Å². The molecule has 0 aliphatic rings. The first-order valence-electron chi connectivity index (χ1n) is 6.46. The molecule has 1 aromatic carbocycles. The summed E-state index contributed by atoms with van der Waals surface area (Å²) < 4.78 is 5.29. The molecule has 1 N–H and O–H groups in total. The highest BCUT2D eigenvalue weighted by atomic mass is 32.1. The Morgan fingerprint density at radius 3 is 2.95 bits per heavy atom. The summed E-state index contributed by atoms with van der Waals surface area (Å²) in [5.41, 5.74) is 1.26. The number of rotatable bonds is 4. The minimum absolute atomic E-state index is 0.162. The minimum Gasteiger partial charge on any atom is -0.496 e. The summed E-state index contributed by atoms with van der Waals surface area (Å²) in [6.45, 7) is 0. The van der Waals surface area contributed by atoms with Crippen molar-refractivity contribution >= 4 is 22.1 Å². The van der Waals surface area contributed by atoms with Gasteiger partial charge in [0, 0.05) is 28.0 Å². The van der Waals surface area contributed by atoms with Gasteiger partial charge in [0.25, 0.3) is 0 Å². The van der Waals surface area contributed by atoms with Crippen molar-refractivity contribution in [2.75, 3.05) is 14.2 Å². The predicted octanol–water partition coefficient (Wildman–Crippen LogP) is 3.61. The molecule has 3 aromatic rings. The van der Waals surface area contributed by atoms with E-state index in [9.17, 15) is 0 Å². The normalized spacial score (nSPS) is 12.5. The van der Waals surface area contributed by atoms with Crippen LogP contribution in [0.1, 0.15) is 16.5 Å². The Bertz CT molecular complexity index is 718. The van der Waals surface area contributed by atoms with E-state index in [0.29, 0.717) is 0 Å². The van der Waals surface area contributed by atoms with Crippen LogP contribution in [0.4, 0.5) is 0 Å². The van der Waals surface area contributed by atoms with E-state index in [4.69, 9.17) is 4.74 Å². The Balaban J connectivity index is 2.11. The average Bonchev–Trinajstić information content (AvgIpc) is 2.97. The largest absolute Gasteiger partial charge is 0.496 e. The molecule has 0 bridgehead atoms. The highest BCUT2D eigenvalue weighted by Crippen LogP contribution is 2.33. The first-order valence-corrected chi connectivity index (χ1v) is 7.34. The van der Waals surface area contributed by atoms with Crippen LogP contribution in [0, 0.1) is 0 Å². The number of pyridine rings is 1. The fourth-order valence-electron chi connectivity index (χ4n) is 2.44. The maximum atomic E-state index is 5.29. The third kappa shape index (κ3) is 2.28. The second-order valence-corrected chi connectivity index (χ2v) is 5.50. The Hall–Kier alpha value is -1.91. The SMILES string of the molecule is CNC(c1cc(OC)cs1)c1cccc2cnccc12. The summed E-state index contributed by atoms with van der Waals surface area (Å²) in [7, 11) is 3.68. The van der Waals surface area contributed by atoms with Crippen LogP contribution in [0.5, 0.6) is 5.75 Å². The van der Waals surface area contributed by atoms with Crippen LogP contribution in [0.2, 0.25) is 0 Å². The monoisotopic (exact) mass is 284 g/mol. The van der Waals surface area contributed by atoms with Gasteiger partial charge in [0.05, 0.1) is 13.2 Å². The van der Waals surface area contributed by atoms with Crippen LogP contribution < -0.4 is 10.1 Å². The van der Waals surface area contributed by atoms with Gasteiger partial charge in [-0.25, -0.2) is 0 Å². The fourth-order valence-corrected chi connectivity index (χ4v) is 3.42. The number of thiophene rings is 1. The lowest BCUT2D eigenvalue weighted by Gasteiger charge is -2.17. The van der Waals surface area contributed by atoms with Gasteiger partial charge in [-0.2, -0.15) is 0 Å². The molecular formula is C16H16N2OS. The zero-order valence-electron chi connectivity index (χ0n) is 11.5. The topological polar surface area (TPSA) is 34.1 Å². The number of hydrogen-bond donors (Lipinski definition) is 1. The molecule has 2 heterocycles. The maximum absolute atomic E-state index is 5.29. The van der Waals surface area contributed by atoms with Crippen molar-refractivity contribution in [1.82, 2.24) is 10.3 Å². The van der Waals surface area contributed by atoms with Crippen molar-refractivity contribution in [3.63, 3.8) is 0 Å². The van der Waals surface area contributed by atoms with Crippen molar-refractivity contribution in [2.45, 2.75) is 6.04 Å². The van der Waals surface area contributed by atoms with E-state index in [1.165, 1.54) is 15.8 Å². The lowest BCUT2D eigenvalue weighted by Crippen LogP contribution is -2.16. The zero-order chi connectivity index (χ0) is 13.9. The van der Waals surface area contributed by atoms with Crippen molar-refractivity contribution in [3.05, 3.63) is 58.5 Å². The van der Waals surface area contributed by atoms with Crippen molar-refractivity contribution in [2.24, 2.45) is 0 Å². The Labute approximate surface area is 122 Å². The van der Waals surface area contributed by atoms with Crippen LogP contribution in [-0.4, -0.2) is 19.1 Å². The van der Waals surface area contributed by atoms with Crippen LogP contribution >= 0.6 is 11.3 Å². The van der Waals surface area contributed by atoms with Crippen LogP contribution in [-0.2, 0) is 0 Å². The predicted molar refractivity (Wildman–Crippen MR) is 83.5 cm³/mol. The molecule has 0 spiro atoms. The molecule has 0 aliphatic heterocycles. The quantitative estimate of drug-likeness (QED) is 0.794. The third-order valence-corrected chi connectivity index (χ3v) is 4.41. The minimum atomic E-state index is 0.162. The Kier molecular flexibility index (Phi) is 3.67. The highest BCUT2D eigenvalue weighted by Gasteiger charge is 2.16. The van der Waals surface area contributed by atoms with Gasteiger partial charge in [0.15, 0.2) is 0 Å². The number of nitrogens with zero attached hydrogens (tertiary/aromatic N) is 1. The van der Waals surface area contributed by atoms with Gasteiger partial charge in [-0.05, 0) is 30.1 Å². The van der Waals surface area contributed by atoms with E-state index >= 15 is 0 Å². The summed E-state index contributed by atoms with van der Waals surface area (Å²) in [6.07, 6.45) is 3.74. The van der Waals surface area contributed by atoms with E-state index in [1.54, 1.807) is 18.4 Å². The number of methoxy groups -OCH3 is 1. The lowest BCUT2D eigenvalue weighted by molar-refractivity contribution is 0.416. The number of aromatic nitrogens is 1. The van der Waals surface area contributed by atoms with Crippen molar-refractivity contribution in [1.29, 1.82) is 0 Å². The number of ether oxygens (including phenoxy) is 1. The fraction of sp³-hybridized carbons (Fsp3) is 0.188. The van der Waals surface area contributed by atoms with Gasteiger partial charge >= 0.3 is 0 Å². The molecule has 0 saturated heterocycles. The molecule has 0 fully saturated rings. The third-order valence-electron chi connectivity index (χ3n) is 3.43. The summed E-state index contributed by atoms with van der Waals surface area (Å²) in [5.74, 6) is 0.909. The Morgan fingerprint density at radius 1 is 1.30 bits per heavy atom. The smallest absolute Gasteiger partial charge is 0.129 e. The second kappa shape index (κ2) is 5.61. The first-order chi connectivity index (χ1) is 9.83. The van der Waals surface area contributed by atoms with E-state index < -0.39 is 0 Å². The zero-order valence-corrected chi connectivity index (χ0v) is 12.3. The standard InChI is InChI=1S/C16H16N2OS/c1-17-16(15-8-12(19-2)10-20-15)14-5-3-4-11-9-18-7-6-13(11)14/h3-10,16-17H,1-2H3. The summed E-state index contributed by atoms with van der Waals surface area (Å²) in [5, 5.41) is 7.82. The number of fused-ring (bicyclic) bond motifs is 1. The molecule has 1 atom stereocenters. The highest BCUT2D eigenvalue weighted by molar-refractivity contribution is 7.10. The molecule has 0 saturated carbocycles. The van der Waals surface area contributed by atoms with Gasteiger partial charge < -0.3 is 10.1 Å². The van der Waals surface area contributed by atoms with Crippen LogP contribution in [0.3, 0.4) is 0 Å². The molecule has 0 radical (unpaired) electrons. The van der Waals surface area contributed by atoms with Crippen LogP contribution in [0.15, 0.2) is 48.1 Å². The molecule has 20 heavy (non-hydrogen) atoms. The molecule has 4 heteroatoms. The van der Waals surface area contributed by atoms with Gasteiger partial charge in [0.1, 0.15) is 5.75 Å². The number of hydrogen-bond acceptors (Lipinski definition) is 4. The molecule has 2 aromatic heterocycles. The van der Waals surface area contributed by atoms with Crippen molar-refractivity contribution in [3.8, 4) is 5.75 Å². The van der Waals surface area contributed by atoms with E-state index in [2.05, 4.69) is 40.6 Å². The summed E-state index contributed by atoms with van der Waals surface area (Å²) >= 11 is 1.71. The van der Waals surface area contributed by atoms with E-state index in [-0.39, 0.29) is 6.04 Å². The number of nitrogens with one attached hydrogen (secondary N) is 1. The molecule has 0 amide bonds. The van der Waals surface area contributed by atoms with E-state index in [1.807, 2.05) is 24.8 Å². The summed E-state index contributed by atoms with van der Waals surface area (Å²) in [4.78, 5) is 5.44. The van der Waals surface area contributed by atoms with Gasteiger partial charge in [0.2, 0.25) is 0 Å². The van der Waals surface area contributed by atoms with Crippen LogP contribution in [0.25, 0.3) is 10.8 Å². The van der Waals surface area contributed by atoms with Gasteiger partial charge in [-0.15, -0.1) is 11.3 Å². The van der Waals surface area contributed by atoms with Crippen molar-refractivity contribution < 1.29 is 4.74 Å². The Morgan fingerprint density at radius 2 is 2.20 bits per heavy atom. The molecule has 0 aliphatic carbocycles.